The first-order chi connectivity index (χ1) is 17.6. The van der Waals surface area contributed by atoms with Crippen LogP contribution in [0.4, 0.5) is 18.9 Å². The smallest absolute Gasteiger partial charge is 0.360 e. The van der Waals surface area contributed by atoms with E-state index in [0.717, 1.165) is 12.3 Å². The number of hydrogen-bond donors (Lipinski definition) is 1. The first-order valence-corrected chi connectivity index (χ1v) is 17.5. The molecule has 38 heavy (non-hydrogen) atoms. The van der Waals surface area contributed by atoms with Crippen LogP contribution in [0.1, 0.15) is 0 Å². The molecule has 2 heterocycles. The molecule has 4 rings (SSSR count). The molecule has 0 radical (unpaired) electrons. The maximum absolute atomic E-state index is 13.6. The van der Waals surface area contributed by atoms with Crippen LogP contribution in [-0.4, -0.2) is 49.9 Å². The van der Waals surface area contributed by atoms with Gasteiger partial charge in [-0.05, 0) is 29.8 Å². The number of rotatable bonds is 9. The summed E-state index contributed by atoms with van der Waals surface area (Å²) < 4.78 is 74.6. The third-order valence-electron chi connectivity index (χ3n) is 5.87. The number of ether oxygens (including phenoxy) is 1. The quantitative estimate of drug-likeness (QED) is 0.220. The zero-order valence-electron chi connectivity index (χ0n) is 21.5. The summed E-state index contributed by atoms with van der Waals surface area (Å²) in [6.07, 6.45) is -2.23. The van der Waals surface area contributed by atoms with Gasteiger partial charge >= 0.3 is 6.18 Å². The number of sulfonamides is 1. The topological polar surface area (TPSA) is 95.2 Å². The summed E-state index contributed by atoms with van der Waals surface area (Å²) in [6, 6.07) is 12.2. The second-order valence-corrected chi connectivity index (χ2v) is 17.8. The molecular weight excluding hydrogens is 537 g/mol. The molecule has 0 fully saturated rings. The maximum atomic E-state index is 13.6. The van der Waals surface area contributed by atoms with Gasteiger partial charge in [-0.3, -0.25) is 14.1 Å². The minimum Gasteiger partial charge on any atom is -0.360 e. The van der Waals surface area contributed by atoms with Crippen molar-refractivity contribution >= 4 is 45.6 Å². The normalized spacial score (nSPS) is 12.9. The van der Waals surface area contributed by atoms with E-state index in [-0.39, 0.29) is 28.8 Å². The highest BCUT2D eigenvalue weighted by atomic mass is 32.2. The van der Waals surface area contributed by atoms with E-state index in [1.165, 1.54) is 16.9 Å². The SMILES string of the molecule is C[Si](C)(C)CCOCn1cc2c(=O)n(CC(F)(F)F)c3cc(-c4ccccc4NS(C)(=O)=O)ccc3c2n1. The van der Waals surface area contributed by atoms with E-state index in [0.29, 0.717) is 27.7 Å². The van der Waals surface area contributed by atoms with Gasteiger partial charge in [-0.15, -0.1) is 0 Å². The van der Waals surface area contributed by atoms with Crippen LogP contribution < -0.4 is 10.3 Å². The van der Waals surface area contributed by atoms with Crippen molar-refractivity contribution in [2.75, 3.05) is 17.6 Å². The highest BCUT2D eigenvalue weighted by molar-refractivity contribution is 7.92. The molecule has 204 valence electrons. The van der Waals surface area contributed by atoms with Crippen molar-refractivity contribution in [1.82, 2.24) is 14.3 Å². The fourth-order valence-electron chi connectivity index (χ4n) is 4.12. The highest BCUT2D eigenvalue weighted by Crippen LogP contribution is 2.33. The number of benzene rings is 2. The largest absolute Gasteiger partial charge is 0.406 e. The number of nitrogens with zero attached hydrogens (tertiary/aromatic N) is 3. The van der Waals surface area contributed by atoms with E-state index < -0.39 is 36.4 Å². The van der Waals surface area contributed by atoms with Gasteiger partial charge < -0.3 is 4.74 Å². The van der Waals surface area contributed by atoms with Crippen LogP contribution in [0.25, 0.3) is 32.9 Å². The van der Waals surface area contributed by atoms with Crippen molar-refractivity contribution in [1.29, 1.82) is 0 Å². The van der Waals surface area contributed by atoms with Crippen molar-refractivity contribution < 1.29 is 26.3 Å². The van der Waals surface area contributed by atoms with E-state index >= 15 is 0 Å². The predicted octanol–water partition coefficient (Wildman–Crippen LogP) is 5.26. The molecule has 0 atom stereocenters. The molecule has 0 aliphatic carbocycles. The Balaban J connectivity index is 1.85. The molecule has 2 aromatic heterocycles. The van der Waals surface area contributed by atoms with Gasteiger partial charge in [0.05, 0.1) is 22.8 Å². The Kier molecular flexibility index (Phi) is 7.47. The fourth-order valence-corrected chi connectivity index (χ4v) is 5.45. The van der Waals surface area contributed by atoms with Gasteiger partial charge in [0, 0.05) is 31.8 Å². The molecule has 8 nitrogen and oxygen atoms in total. The Morgan fingerprint density at radius 2 is 1.79 bits per heavy atom. The summed E-state index contributed by atoms with van der Waals surface area (Å²) >= 11 is 0. The van der Waals surface area contributed by atoms with Crippen LogP contribution in [-0.2, 0) is 28.0 Å². The number of fused-ring (bicyclic) bond motifs is 3. The van der Waals surface area contributed by atoms with E-state index in [1.807, 2.05) is 0 Å². The molecule has 13 heteroatoms. The number of aromatic nitrogens is 3. The second-order valence-electron chi connectivity index (χ2n) is 10.4. The van der Waals surface area contributed by atoms with E-state index in [2.05, 4.69) is 29.5 Å². The summed E-state index contributed by atoms with van der Waals surface area (Å²) in [5.74, 6) is 0. The van der Waals surface area contributed by atoms with Crippen LogP contribution in [0, 0.1) is 0 Å². The summed E-state index contributed by atoms with van der Waals surface area (Å²) in [6.45, 7) is 5.77. The van der Waals surface area contributed by atoms with Gasteiger partial charge in [0.2, 0.25) is 10.0 Å². The van der Waals surface area contributed by atoms with E-state index in [4.69, 9.17) is 4.74 Å². The summed E-state index contributed by atoms with van der Waals surface area (Å²) in [5.41, 5.74) is 0.640. The molecule has 0 bridgehead atoms. The second kappa shape index (κ2) is 10.2. The fraction of sp³-hybridized carbons (Fsp3) is 0.360. The highest BCUT2D eigenvalue weighted by Gasteiger charge is 2.30. The standard InChI is InChI=1S/C25H29F3N4O4SSi/c1-37(34,35)30-21-8-6-5-7-18(21)17-9-10-19-22(13-17)32(15-25(26,27)28)24(33)20-14-31(29-23(19)20)16-36-11-12-38(2,3)4/h5-10,13-14,30H,11-12,15-16H2,1-4H3. The molecule has 4 aromatic rings. The zero-order valence-corrected chi connectivity index (χ0v) is 23.3. The van der Waals surface area contributed by atoms with Crippen LogP contribution in [0.15, 0.2) is 53.5 Å². The molecule has 0 aliphatic heterocycles. The van der Waals surface area contributed by atoms with Crippen molar-refractivity contribution in [2.45, 2.75) is 45.1 Å². The Morgan fingerprint density at radius 1 is 1.08 bits per heavy atom. The van der Waals surface area contributed by atoms with Gasteiger partial charge in [0.15, 0.2) is 0 Å². The lowest BCUT2D eigenvalue weighted by Crippen LogP contribution is -2.28. The van der Waals surface area contributed by atoms with E-state index in [1.54, 1.807) is 36.4 Å². The van der Waals surface area contributed by atoms with Crippen molar-refractivity contribution in [2.24, 2.45) is 0 Å². The third-order valence-corrected chi connectivity index (χ3v) is 8.17. The molecule has 1 N–H and O–H groups in total. The molecule has 0 aliphatic rings. The first kappa shape index (κ1) is 27.9. The Labute approximate surface area is 219 Å². The van der Waals surface area contributed by atoms with Gasteiger partial charge in [-0.1, -0.05) is 43.9 Å². The monoisotopic (exact) mass is 566 g/mol. The maximum Gasteiger partial charge on any atom is 0.406 e. The minimum atomic E-state index is -4.65. The number of para-hydroxylation sites is 1. The molecule has 0 saturated heterocycles. The predicted molar refractivity (Wildman–Crippen MR) is 146 cm³/mol. The van der Waals surface area contributed by atoms with Crippen molar-refractivity contribution in [3.8, 4) is 11.1 Å². The van der Waals surface area contributed by atoms with Crippen LogP contribution in [0.5, 0.6) is 0 Å². The van der Waals surface area contributed by atoms with Crippen LogP contribution in [0.2, 0.25) is 25.7 Å². The summed E-state index contributed by atoms with van der Waals surface area (Å²) in [7, 11) is -4.92. The number of halogens is 3. The number of hydrogen-bond acceptors (Lipinski definition) is 5. The summed E-state index contributed by atoms with van der Waals surface area (Å²) in [5, 5.41) is 4.88. The Morgan fingerprint density at radius 3 is 2.45 bits per heavy atom. The molecule has 0 spiro atoms. The van der Waals surface area contributed by atoms with Crippen LogP contribution >= 0.6 is 0 Å². The lowest BCUT2D eigenvalue weighted by atomic mass is 10.0. The molecule has 0 unspecified atom stereocenters. The van der Waals surface area contributed by atoms with Gasteiger partial charge in [-0.2, -0.15) is 18.3 Å². The molecular formula is C25H29F3N4O4SSi. The average Bonchev–Trinajstić information content (AvgIpc) is 3.22. The van der Waals surface area contributed by atoms with E-state index in [9.17, 15) is 26.4 Å². The van der Waals surface area contributed by atoms with Gasteiger partial charge in [0.1, 0.15) is 18.8 Å². The lowest BCUT2D eigenvalue weighted by molar-refractivity contribution is -0.140. The number of pyridine rings is 1. The Hall–Kier alpha value is -3.16. The lowest BCUT2D eigenvalue weighted by Gasteiger charge is -2.15. The van der Waals surface area contributed by atoms with Gasteiger partial charge in [-0.25, -0.2) is 13.1 Å². The molecule has 0 saturated carbocycles. The Bertz CT molecular complexity index is 1660. The molecule has 2 aromatic carbocycles. The summed E-state index contributed by atoms with van der Waals surface area (Å²) in [4.78, 5) is 13.3. The minimum absolute atomic E-state index is 0.0383. The van der Waals surface area contributed by atoms with Gasteiger partial charge in [0.25, 0.3) is 5.56 Å². The third kappa shape index (κ3) is 6.63. The number of anilines is 1. The van der Waals surface area contributed by atoms with Crippen molar-refractivity contribution in [3.05, 3.63) is 59.0 Å². The number of nitrogens with one attached hydrogen (secondary N) is 1. The van der Waals surface area contributed by atoms with Crippen molar-refractivity contribution in [3.63, 3.8) is 0 Å². The number of alkyl halides is 3. The molecule has 0 amide bonds. The first-order valence-electron chi connectivity index (χ1n) is 11.9. The zero-order chi connectivity index (χ0) is 27.9. The average molecular weight is 567 g/mol. The van der Waals surface area contributed by atoms with Crippen LogP contribution in [0.3, 0.4) is 0 Å².